The maximum atomic E-state index is 12.8. The van der Waals surface area contributed by atoms with Crippen LogP contribution in [0.1, 0.15) is 6.42 Å². The molecule has 3 aliphatic heterocycles. The van der Waals surface area contributed by atoms with Gasteiger partial charge >= 0.3 is 5.97 Å². The number of phenolic OH excluding ortho intramolecular Hbond substituents is 1. The molecule has 2 saturated heterocycles. The van der Waals surface area contributed by atoms with Gasteiger partial charge in [-0.15, -0.1) is 11.8 Å². The number of amides is 2. The Morgan fingerprint density at radius 1 is 1.30 bits per heavy atom. The number of thioether (sulfide) groups is 1. The fraction of sp³-hybridized carbons (Fsp3) is 0.278. The van der Waals surface area contributed by atoms with Crippen molar-refractivity contribution in [3.8, 4) is 5.75 Å². The molecule has 0 aromatic heterocycles. The zero-order chi connectivity index (χ0) is 19.3. The topological polar surface area (TPSA) is 124 Å². The summed E-state index contributed by atoms with van der Waals surface area (Å²) in [7, 11) is 0. The van der Waals surface area contributed by atoms with E-state index in [4.69, 9.17) is 5.73 Å². The molecule has 27 heavy (non-hydrogen) atoms. The predicted octanol–water partition coefficient (Wildman–Crippen LogP) is 0.636. The van der Waals surface area contributed by atoms with Crippen LogP contribution < -0.4 is 10.6 Å². The molecule has 0 saturated carbocycles. The number of hydrogen-bond acceptors (Lipinski definition) is 6. The molecule has 2 fully saturated rings. The molecule has 0 aliphatic carbocycles. The van der Waals surface area contributed by atoms with Crippen LogP contribution in [0.3, 0.4) is 0 Å². The maximum absolute atomic E-state index is 12.8. The van der Waals surface area contributed by atoms with Gasteiger partial charge in [0.2, 0.25) is 5.91 Å². The van der Waals surface area contributed by atoms with Gasteiger partial charge in [0.05, 0.1) is 5.69 Å². The zero-order valence-corrected chi connectivity index (χ0v) is 15.0. The van der Waals surface area contributed by atoms with E-state index in [1.165, 1.54) is 27.6 Å². The molecule has 3 aliphatic rings. The van der Waals surface area contributed by atoms with E-state index in [-0.39, 0.29) is 22.7 Å². The number of carboxylic acid groups (broad SMARTS) is 1. The van der Waals surface area contributed by atoms with E-state index in [1.54, 1.807) is 24.3 Å². The van der Waals surface area contributed by atoms with Gasteiger partial charge in [0.15, 0.2) is 0 Å². The highest BCUT2D eigenvalue weighted by Crippen LogP contribution is 2.40. The Morgan fingerprint density at radius 3 is 2.74 bits per heavy atom. The number of aliphatic carboxylic acids is 1. The second-order valence-corrected chi connectivity index (χ2v) is 7.58. The van der Waals surface area contributed by atoms with Crippen molar-refractivity contribution in [2.24, 2.45) is 5.73 Å². The van der Waals surface area contributed by atoms with Gasteiger partial charge in [-0.2, -0.15) is 0 Å². The van der Waals surface area contributed by atoms with Crippen molar-refractivity contribution in [2.75, 3.05) is 17.2 Å². The average Bonchev–Trinajstić information content (AvgIpc) is 3.01. The largest absolute Gasteiger partial charge is 0.506 e. The highest BCUT2D eigenvalue weighted by molar-refractivity contribution is 8.00. The van der Waals surface area contributed by atoms with Crippen molar-refractivity contribution in [1.82, 2.24) is 4.90 Å². The third kappa shape index (κ3) is 2.70. The fourth-order valence-electron chi connectivity index (χ4n) is 3.53. The number of carbonyl (C=O) groups excluding carboxylic acids is 2. The first-order valence-electron chi connectivity index (χ1n) is 8.37. The number of aromatic hydroxyl groups is 1. The number of hydrogen-bond donors (Lipinski definition) is 3. The van der Waals surface area contributed by atoms with Gasteiger partial charge in [-0.3, -0.25) is 14.5 Å². The molecular formula is C18H17N3O5S. The summed E-state index contributed by atoms with van der Waals surface area (Å²) in [5, 5.41) is 19.2. The van der Waals surface area contributed by atoms with Crippen molar-refractivity contribution < 1.29 is 24.6 Å². The van der Waals surface area contributed by atoms with Gasteiger partial charge in [0.1, 0.15) is 22.9 Å². The van der Waals surface area contributed by atoms with Crippen LogP contribution in [0.15, 0.2) is 47.2 Å². The Morgan fingerprint density at radius 2 is 2.04 bits per heavy atom. The quantitative estimate of drug-likeness (QED) is 0.513. The summed E-state index contributed by atoms with van der Waals surface area (Å²) in [4.78, 5) is 39.2. The molecule has 8 nitrogen and oxygen atoms in total. The molecule has 4 rings (SSSR count). The van der Waals surface area contributed by atoms with Crippen molar-refractivity contribution in [2.45, 2.75) is 17.8 Å². The lowest BCUT2D eigenvalue weighted by atomic mass is 10.0. The fourth-order valence-corrected chi connectivity index (χ4v) is 4.78. The first kappa shape index (κ1) is 17.6. The summed E-state index contributed by atoms with van der Waals surface area (Å²) in [5.41, 5.74) is 6.92. The van der Waals surface area contributed by atoms with Crippen molar-refractivity contribution in [3.05, 3.63) is 47.2 Å². The molecule has 0 bridgehead atoms. The van der Waals surface area contributed by atoms with Gasteiger partial charge in [0, 0.05) is 17.9 Å². The smallest absolute Gasteiger partial charge is 0.352 e. The van der Waals surface area contributed by atoms with Gasteiger partial charge in [0.25, 0.3) is 5.91 Å². The molecule has 2 atom stereocenters. The number of para-hydroxylation sites is 2. The number of β-lactam (4-membered cyclic amide) rings is 1. The Hall–Kier alpha value is -2.78. The Labute approximate surface area is 158 Å². The van der Waals surface area contributed by atoms with E-state index in [0.717, 1.165) is 0 Å². The number of anilines is 1. The predicted molar refractivity (Wildman–Crippen MR) is 98.9 cm³/mol. The molecule has 9 heteroatoms. The number of nitrogens with zero attached hydrogens (tertiary/aromatic N) is 2. The van der Waals surface area contributed by atoms with Crippen LogP contribution in [-0.2, 0) is 14.4 Å². The standard InChI is InChI=1S/C18H17N3O5S/c19-13-16(24)21-14(18(25)26)10(8-27-17(13)21)7-9-5-6-20(15(9)23)11-3-1-2-4-12(11)22/h1-4,7,13,17,22H,5-6,8,19H2,(H,25,26)/t13-,17-/m1/s1. The molecule has 1 aromatic carbocycles. The lowest BCUT2D eigenvalue weighted by Crippen LogP contribution is -2.68. The molecule has 0 spiro atoms. The first-order valence-corrected chi connectivity index (χ1v) is 9.42. The summed E-state index contributed by atoms with van der Waals surface area (Å²) in [6, 6.07) is 5.87. The molecular weight excluding hydrogens is 370 g/mol. The second-order valence-electron chi connectivity index (χ2n) is 6.48. The minimum absolute atomic E-state index is 0.00812. The van der Waals surface area contributed by atoms with Crippen LogP contribution in [0.25, 0.3) is 0 Å². The minimum atomic E-state index is -1.21. The van der Waals surface area contributed by atoms with Gasteiger partial charge in [-0.05, 0) is 30.2 Å². The minimum Gasteiger partial charge on any atom is -0.506 e. The Balaban J connectivity index is 1.67. The number of benzene rings is 1. The lowest BCUT2D eigenvalue weighted by molar-refractivity contribution is -0.147. The van der Waals surface area contributed by atoms with E-state index in [1.807, 2.05) is 0 Å². The van der Waals surface area contributed by atoms with Crippen LogP contribution >= 0.6 is 11.8 Å². The van der Waals surface area contributed by atoms with E-state index in [2.05, 4.69) is 0 Å². The Bertz CT molecular complexity index is 925. The van der Waals surface area contributed by atoms with E-state index in [9.17, 15) is 24.6 Å². The van der Waals surface area contributed by atoms with E-state index in [0.29, 0.717) is 35.6 Å². The number of carboxylic acids is 1. The van der Waals surface area contributed by atoms with Crippen LogP contribution in [-0.4, -0.2) is 56.6 Å². The highest BCUT2D eigenvalue weighted by atomic mass is 32.2. The van der Waals surface area contributed by atoms with Gasteiger partial charge in [-0.25, -0.2) is 4.79 Å². The normalized spacial score (nSPS) is 26.5. The van der Waals surface area contributed by atoms with Crippen LogP contribution in [0.2, 0.25) is 0 Å². The van der Waals surface area contributed by atoms with Gasteiger partial charge < -0.3 is 20.8 Å². The van der Waals surface area contributed by atoms with Crippen molar-refractivity contribution in [3.63, 3.8) is 0 Å². The number of nitrogens with two attached hydrogens (primary N) is 1. The molecule has 3 heterocycles. The summed E-state index contributed by atoms with van der Waals surface area (Å²) in [6.07, 6.45) is 1.98. The number of rotatable bonds is 3. The van der Waals surface area contributed by atoms with Crippen molar-refractivity contribution >= 4 is 35.2 Å². The zero-order valence-electron chi connectivity index (χ0n) is 14.2. The molecule has 140 valence electrons. The number of fused-ring (bicyclic) bond motifs is 1. The summed E-state index contributed by atoms with van der Waals surface area (Å²) >= 11 is 1.39. The summed E-state index contributed by atoms with van der Waals surface area (Å²) < 4.78 is 0. The summed E-state index contributed by atoms with van der Waals surface area (Å²) in [5.74, 6) is -1.55. The molecule has 1 aromatic rings. The lowest BCUT2D eigenvalue weighted by Gasteiger charge is -2.47. The Kier molecular flexibility index (Phi) is 4.20. The number of phenols is 1. The SMILES string of the molecule is N[C@@H]1C(=O)N2C(C(=O)O)=C(C=C3CCN(c4ccccc4O)C3=O)CS[C@H]12. The molecule has 4 N–H and O–H groups in total. The van der Waals surface area contributed by atoms with Crippen LogP contribution in [0.4, 0.5) is 5.69 Å². The monoisotopic (exact) mass is 387 g/mol. The molecule has 2 amide bonds. The highest BCUT2D eigenvalue weighted by Gasteiger charge is 2.51. The summed E-state index contributed by atoms with van der Waals surface area (Å²) in [6.45, 7) is 0.390. The average molecular weight is 387 g/mol. The number of allylic oxidation sites excluding steroid dienone is 1. The molecule has 0 radical (unpaired) electrons. The second kappa shape index (κ2) is 6.43. The number of carbonyl (C=O) groups is 3. The van der Waals surface area contributed by atoms with E-state index >= 15 is 0 Å². The van der Waals surface area contributed by atoms with Crippen LogP contribution in [0.5, 0.6) is 5.75 Å². The van der Waals surface area contributed by atoms with Gasteiger partial charge in [-0.1, -0.05) is 12.1 Å². The van der Waals surface area contributed by atoms with E-state index < -0.39 is 17.9 Å². The van der Waals surface area contributed by atoms with Crippen LogP contribution in [0, 0.1) is 0 Å². The maximum Gasteiger partial charge on any atom is 0.352 e. The first-order chi connectivity index (χ1) is 12.9. The molecule has 0 unspecified atom stereocenters. The third-order valence-electron chi connectivity index (χ3n) is 4.89. The van der Waals surface area contributed by atoms with Crippen molar-refractivity contribution in [1.29, 1.82) is 0 Å². The third-order valence-corrected chi connectivity index (χ3v) is 6.21.